The molecule has 0 spiro atoms. The molecule has 412 valence electrons. The summed E-state index contributed by atoms with van der Waals surface area (Å²) in [7, 11) is 10.4. The lowest BCUT2D eigenvalue weighted by molar-refractivity contribution is 0.0593. The molecule has 10 rings (SSSR count). The second-order valence-electron chi connectivity index (χ2n) is 15.9. The highest BCUT2D eigenvalue weighted by Gasteiger charge is 2.17. The Kier molecular flexibility index (Phi) is 21.6. The van der Waals surface area contributed by atoms with Gasteiger partial charge in [0.15, 0.2) is 0 Å². The van der Waals surface area contributed by atoms with Gasteiger partial charge in [0.25, 0.3) is 0 Å². The molecule has 5 aromatic carbocycles. The van der Waals surface area contributed by atoms with Crippen molar-refractivity contribution in [3.8, 4) is 28.7 Å². The van der Waals surface area contributed by atoms with E-state index in [-0.39, 0.29) is 21.4 Å². The molecule has 0 unspecified atom stereocenters. The van der Waals surface area contributed by atoms with Crippen LogP contribution in [0.5, 0.6) is 28.7 Å². The molecule has 0 aliphatic carbocycles. The number of hydrogen-bond acceptors (Lipinski definition) is 16. The highest BCUT2D eigenvalue weighted by atomic mass is 79.9. The SMILES string of the molecule is COC(=O)c1cnc(Cl)c2ccc(OC)cc12.COC(=O)c1cnc(Cl)c2ccc(OC)cc12.COc1ccc2c(Cl)ncc(Br)c2c1.COc1ccc2c(Cl)ncc(C(=O)O)c2c1.COc1ccc2c(Cl)ncc(C(=O)O)c2c1. The Morgan fingerprint density at radius 2 is 0.575 bits per heavy atom. The molecule has 0 aliphatic heterocycles. The number of hydrogen-bond donors (Lipinski definition) is 2. The zero-order valence-corrected chi connectivity index (χ0v) is 48.3. The molecule has 0 saturated carbocycles. The third kappa shape index (κ3) is 14.4. The molecule has 0 fully saturated rings. The minimum atomic E-state index is -1.04. The quantitative estimate of drug-likeness (QED) is 0.101. The van der Waals surface area contributed by atoms with Crippen molar-refractivity contribution in [3.63, 3.8) is 0 Å². The van der Waals surface area contributed by atoms with Crippen molar-refractivity contribution < 1.29 is 62.5 Å². The smallest absolute Gasteiger partial charge is 0.340 e. The Balaban J connectivity index is 0.000000161. The van der Waals surface area contributed by atoms with Crippen LogP contribution in [-0.4, -0.2) is 109 Å². The lowest BCUT2D eigenvalue weighted by Gasteiger charge is -2.07. The third-order valence-electron chi connectivity index (χ3n) is 11.5. The fraction of sp³-hybridized carbons (Fsp3) is 0.125. The Morgan fingerprint density at radius 3 is 0.825 bits per heavy atom. The molecule has 0 saturated heterocycles. The van der Waals surface area contributed by atoms with Crippen LogP contribution in [0.25, 0.3) is 53.9 Å². The third-order valence-corrected chi connectivity index (χ3v) is 13.6. The Labute approximate surface area is 489 Å². The lowest BCUT2D eigenvalue weighted by atomic mass is 10.1. The molecule has 24 heteroatoms. The van der Waals surface area contributed by atoms with E-state index in [2.05, 4.69) is 40.8 Å². The van der Waals surface area contributed by atoms with Crippen LogP contribution in [0, 0.1) is 0 Å². The van der Waals surface area contributed by atoms with E-state index in [9.17, 15) is 19.2 Å². The van der Waals surface area contributed by atoms with Crippen molar-refractivity contribution in [2.24, 2.45) is 0 Å². The minimum Gasteiger partial charge on any atom is -0.497 e. The first-order valence-electron chi connectivity index (χ1n) is 22.7. The number of nitrogens with zero attached hydrogens (tertiary/aromatic N) is 5. The van der Waals surface area contributed by atoms with Crippen LogP contribution in [0.1, 0.15) is 41.4 Å². The lowest BCUT2D eigenvalue weighted by Crippen LogP contribution is -2.03. The predicted molar refractivity (Wildman–Crippen MR) is 311 cm³/mol. The number of benzene rings is 5. The molecular formula is C56H43BrCl5N5O13. The fourth-order valence-corrected chi connectivity index (χ4v) is 8.92. The minimum absolute atomic E-state index is 0.110. The van der Waals surface area contributed by atoms with Gasteiger partial charge in [-0.25, -0.2) is 44.1 Å². The van der Waals surface area contributed by atoms with Crippen molar-refractivity contribution in [3.05, 3.63) is 174 Å². The van der Waals surface area contributed by atoms with Gasteiger partial charge in [-0.3, -0.25) is 0 Å². The highest BCUT2D eigenvalue weighted by Crippen LogP contribution is 2.34. The molecule has 80 heavy (non-hydrogen) atoms. The van der Waals surface area contributed by atoms with Gasteiger partial charge in [0, 0.05) is 89.3 Å². The molecule has 2 N–H and O–H groups in total. The van der Waals surface area contributed by atoms with Gasteiger partial charge < -0.3 is 43.4 Å². The van der Waals surface area contributed by atoms with E-state index in [1.807, 2.05) is 18.2 Å². The Bertz CT molecular complexity index is 3760. The summed E-state index contributed by atoms with van der Waals surface area (Å²) >= 11 is 33.1. The summed E-state index contributed by atoms with van der Waals surface area (Å²) in [5.74, 6) is 0.273. The van der Waals surface area contributed by atoms with Gasteiger partial charge in [-0.2, -0.15) is 0 Å². The normalized spacial score (nSPS) is 10.4. The van der Waals surface area contributed by atoms with Gasteiger partial charge in [0.2, 0.25) is 0 Å². The number of rotatable bonds is 9. The van der Waals surface area contributed by atoms with E-state index in [1.54, 1.807) is 100 Å². The topological polar surface area (TPSA) is 238 Å². The number of aromatic carboxylic acids is 2. The first kappa shape index (κ1) is 61.2. The predicted octanol–water partition coefficient (Wildman–Crippen LogP) is 14.2. The van der Waals surface area contributed by atoms with Gasteiger partial charge in [0.05, 0.1) is 72.0 Å². The molecule has 0 amide bonds. The van der Waals surface area contributed by atoms with Crippen LogP contribution in [0.4, 0.5) is 0 Å². The number of carboxylic acids is 2. The molecule has 0 radical (unpaired) electrons. The molecule has 18 nitrogen and oxygen atoms in total. The fourth-order valence-electron chi connectivity index (χ4n) is 7.42. The van der Waals surface area contributed by atoms with Crippen LogP contribution in [-0.2, 0) is 9.47 Å². The summed E-state index contributed by atoms with van der Waals surface area (Å²) in [5.41, 5.74) is 0.952. The zero-order chi connectivity index (χ0) is 58.4. The van der Waals surface area contributed by atoms with Crippen molar-refractivity contribution in [1.82, 2.24) is 24.9 Å². The maximum Gasteiger partial charge on any atom is 0.340 e. The summed E-state index contributed by atoms with van der Waals surface area (Å²) in [6.07, 6.45) is 6.97. The van der Waals surface area contributed by atoms with Crippen LogP contribution < -0.4 is 23.7 Å². The Morgan fingerprint density at radius 1 is 0.350 bits per heavy atom. The van der Waals surface area contributed by atoms with Crippen molar-refractivity contribution >= 4 is 152 Å². The number of esters is 2. The molecule has 0 bridgehead atoms. The molecule has 5 aromatic heterocycles. The van der Waals surface area contributed by atoms with Crippen LogP contribution >= 0.6 is 73.9 Å². The summed E-state index contributed by atoms with van der Waals surface area (Å²) in [6, 6.07) is 26.3. The highest BCUT2D eigenvalue weighted by molar-refractivity contribution is 9.10. The number of methoxy groups -OCH3 is 7. The van der Waals surface area contributed by atoms with Gasteiger partial charge in [-0.1, -0.05) is 58.0 Å². The number of carbonyl (C=O) groups excluding carboxylic acids is 2. The van der Waals surface area contributed by atoms with Crippen molar-refractivity contribution in [1.29, 1.82) is 0 Å². The van der Waals surface area contributed by atoms with Crippen LogP contribution in [0.2, 0.25) is 25.8 Å². The second kappa shape index (κ2) is 28.2. The standard InChI is InChI=1S/2C12H10ClNO3.2C11H8ClNO3.C10H7BrClNO/c2*1-16-7-3-4-8-9(5-7)10(12(15)17-2)6-14-11(8)13;2*1-16-6-2-3-7-8(4-6)9(11(14)15)5-13-10(7)12;1-14-6-2-3-7-8(4-6)9(11)5-13-10(7)12/h2*3-6H,1-2H3;2*2-5H,1H3,(H,14,15);2-5H,1H3. The number of halogens is 6. The van der Waals surface area contributed by atoms with Crippen LogP contribution in [0.15, 0.2) is 126 Å². The maximum atomic E-state index is 11.6. The van der Waals surface area contributed by atoms with Gasteiger partial charge in [-0.15, -0.1) is 0 Å². The maximum absolute atomic E-state index is 11.6. The summed E-state index contributed by atoms with van der Waals surface area (Å²) in [6.45, 7) is 0. The first-order chi connectivity index (χ1) is 38.3. The molecule has 10 aromatic rings. The average Bonchev–Trinajstić information content (AvgIpc) is 3.51. The van der Waals surface area contributed by atoms with Crippen molar-refractivity contribution in [2.45, 2.75) is 0 Å². The van der Waals surface area contributed by atoms with Crippen molar-refractivity contribution in [2.75, 3.05) is 49.8 Å². The number of pyridine rings is 5. The first-order valence-corrected chi connectivity index (χ1v) is 25.4. The number of fused-ring (bicyclic) bond motifs is 5. The average molecular weight is 1250 g/mol. The van der Waals surface area contributed by atoms with Gasteiger partial charge in [-0.05, 0) is 107 Å². The summed E-state index contributed by atoms with van der Waals surface area (Å²) < 4.78 is 35.7. The number of carbonyl (C=O) groups is 4. The number of ether oxygens (including phenoxy) is 7. The summed E-state index contributed by atoms with van der Waals surface area (Å²) in [4.78, 5) is 64.8. The van der Waals surface area contributed by atoms with E-state index in [0.717, 1.165) is 21.0 Å². The van der Waals surface area contributed by atoms with E-state index in [0.29, 0.717) is 92.7 Å². The Hall–Kier alpha value is -8.04. The van der Waals surface area contributed by atoms with Gasteiger partial charge >= 0.3 is 23.9 Å². The van der Waals surface area contributed by atoms with E-state index in [1.165, 1.54) is 53.2 Å². The molecule has 0 aliphatic rings. The van der Waals surface area contributed by atoms with Crippen LogP contribution in [0.3, 0.4) is 0 Å². The van der Waals surface area contributed by atoms with E-state index < -0.39 is 23.9 Å². The zero-order valence-electron chi connectivity index (χ0n) is 42.9. The summed E-state index contributed by atoms with van der Waals surface area (Å²) in [5, 5.41) is 26.6. The monoisotopic (exact) mass is 1250 g/mol. The molecule has 0 atom stereocenters. The van der Waals surface area contributed by atoms with E-state index >= 15 is 0 Å². The largest absolute Gasteiger partial charge is 0.497 e. The van der Waals surface area contributed by atoms with Gasteiger partial charge in [0.1, 0.15) is 54.5 Å². The number of aromatic nitrogens is 5. The second-order valence-corrected chi connectivity index (χ2v) is 18.5. The molecular weight excluding hydrogens is 1210 g/mol. The molecule has 5 heterocycles. The van der Waals surface area contributed by atoms with E-state index in [4.69, 9.17) is 101 Å². The number of carboxylic acid groups (broad SMARTS) is 2.